The zero-order chi connectivity index (χ0) is 13.8. The molecule has 0 saturated heterocycles. The summed E-state index contributed by atoms with van der Waals surface area (Å²) in [7, 11) is 1.64. The fourth-order valence-corrected chi connectivity index (χ4v) is 2.18. The molecule has 1 amide bonds. The van der Waals surface area contributed by atoms with Gasteiger partial charge in [-0.2, -0.15) is 0 Å². The van der Waals surface area contributed by atoms with E-state index in [2.05, 4.69) is 5.32 Å². The van der Waals surface area contributed by atoms with E-state index in [0.29, 0.717) is 12.3 Å². The van der Waals surface area contributed by atoms with E-state index in [-0.39, 0.29) is 18.0 Å². The van der Waals surface area contributed by atoms with Gasteiger partial charge in [0.05, 0.1) is 13.2 Å². The van der Waals surface area contributed by atoms with Gasteiger partial charge in [-0.15, -0.1) is 0 Å². The maximum atomic E-state index is 11.9. The van der Waals surface area contributed by atoms with E-state index in [1.807, 2.05) is 31.2 Å². The molecule has 4 heteroatoms. The monoisotopic (exact) mass is 262 g/mol. The van der Waals surface area contributed by atoms with E-state index >= 15 is 0 Å². The van der Waals surface area contributed by atoms with Crippen molar-refractivity contribution in [3.63, 3.8) is 0 Å². The highest BCUT2D eigenvalue weighted by Crippen LogP contribution is 2.32. The predicted octanol–water partition coefficient (Wildman–Crippen LogP) is 2.00. The Bertz CT molecular complexity index is 426. The topological polar surface area (TPSA) is 64.3 Å². The zero-order valence-electron chi connectivity index (χ0n) is 11.6. The molecule has 1 aromatic rings. The Morgan fingerprint density at radius 1 is 1.42 bits per heavy atom. The summed E-state index contributed by atoms with van der Waals surface area (Å²) in [6.07, 6.45) is 2.76. The Labute approximate surface area is 114 Å². The molecule has 0 radical (unpaired) electrons. The van der Waals surface area contributed by atoms with Crippen molar-refractivity contribution in [1.29, 1.82) is 0 Å². The maximum absolute atomic E-state index is 11.9. The molecule has 3 N–H and O–H groups in total. The minimum absolute atomic E-state index is 0.00944. The van der Waals surface area contributed by atoms with Gasteiger partial charge < -0.3 is 15.8 Å². The van der Waals surface area contributed by atoms with Crippen molar-refractivity contribution in [1.82, 2.24) is 5.32 Å². The minimum atomic E-state index is -0.00944. The van der Waals surface area contributed by atoms with Gasteiger partial charge in [-0.05, 0) is 43.4 Å². The van der Waals surface area contributed by atoms with Gasteiger partial charge >= 0.3 is 0 Å². The summed E-state index contributed by atoms with van der Waals surface area (Å²) in [5.41, 5.74) is 7.02. The smallest absolute Gasteiger partial charge is 0.222 e. The van der Waals surface area contributed by atoms with Crippen molar-refractivity contribution in [2.45, 2.75) is 38.3 Å². The molecule has 2 unspecified atom stereocenters. The SMILES string of the molecule is COc1ccc(C(C)NC(=O)CC(N)C2CC2)cc1. The molecule has 4 nitrogen and oxygen atoms in total. The summed E-state index contributed by atoms with van der Waals surface area (Å²) in [5, 5.41) is 2.99. The largest absolute Gasteiger partial charge is 0.497 e. The molecule has 0 aliphatic heterocycles. The van der Waals surface area contributed by atoms with Crippen molar-refractivity contribution in [3.8, 4) is 5.75 Å². The van der Waals surface area contributed by atoms with Gasteiger partial charge in [0.2, 0.25) is 5.91 Å². The highest BCUT2D eigenvalue weighted by molar-refractivity contribution is 5.77. The van der Waals surface area contributed by atoms with Crippen LogP contribution in [0.1, 0.15) is 37.8 Å². The number of hydrogen-bond acceptors (Lipinski definition) is 3. The second-order valence-corrected chi connectivity index (χ2v) is 5.27. The number of carbonyl (C=O) groups excluding carboxylic acids is 1. The lowest BCUT2D eigenvalue weighted by Gasteiger charge is -2.16. The van der Waals surface area contributed by atoms with E-state index in [0.717, 1.165) is 11.3 Å². The van der Waals surface area contributed by atoms with Gasteiger partial charge in [-0.3, -0.25) is 4.79 Å². The first-order valence-corrected chi connectivity index (χ1v) is 6.79. The average Bonchev–Trinajstić information content (AvgIpc) is 3.22. The molecular formula is C15H22N2O2. The maximum Gasteiger partial charge on any atom is 0.222 e. The van der Waals surface area contributed by atoms with Crippen LogP contribution in [0.5, 0.6) is 5.75 Å². The predicted molar refractivity (Wildman–Crippen MR) is 74.9 cm³/mol. The van der Waals surface area contributed by atoms with Gasteiger partial charge in [0.15, 0.2) is 0 Å². The van der Waals surface area contributed by atoms with Gasteiger partial charge in [-0.1, -0.05) is 12.1 Å². The second kappa shape index (κ2) is 6.06. The Morgan fingerprint density at radius 2 is 2.05 bits per heavy atom. The minimum Gasteiger partial charge on any atom is -0.497 e. The molecule has 0 spiro atoms. The molecule has 0 heterocycles. The van der Waals surface area contributed by atoms with Crippen molar-refractivity contribution in [2.24, 2.45) is 11.7 Å². The number of amides is 1. The fourth-order valence-electron chi connectivity index (χ4n) is 2.18. The van der Waals surface area contributed by atoms with Crippen molar-refractivity contribution >= 4 is 5.91 Å². The first-order chi connectivity index (χ1) is 9.10. The van der Waals surface area contributed by atoms with E-state index in [4.69, 9.17) is 10.5 Å². The Kier molecular flexibility index (Phi) is 4.43. The van der Waals surface area contributed by atoms with Crippen LogP contribution in [0, 0.1) is 5.92 Å². The summed E-state index contributed by atoms with van der Waals surface area (Å²) < 4.78 is 5.11. The van der Waals surface area contributed by atoms with Gasteiger partial charge in [0, 0.05) is 12.5 Å². The molecule has 104 valence electrons. The third kappa shape index (κ3) is 3.96. The summed E-state index contributed by atoms with van der Waals surface area (Å²) in [5.74, 6) is 1.41. The van der Waals surface area contributed by atoms with Crippen molar-refractivity contribution in [3.05, 3.63) is 29.8 Å². The zero-order valence-corrected chi connectivity index (χ0v) is 11.6. The van der Waals surface area contributed by atoms with Gasteiger partial charge in [-0.25, -0.2) is 0 Å². The van der Waals surface area contributed by atoms with E-state index in [1.165, 1.54) is 12.8 Å². The number of nitrogens with two attached hydrogens (primary N) is 1. The fraction of sp³-hybridized carbons (Fsp3) is 0.533. The van der Waals surface area contributed by atoms with Crippen LogP contribution in [0.25, 0.3) is 0 Å². The summed E-state index contributed by atoms with van der Waals surface area (Å²) in [6.45, 7) is 1.97. The lowest BCUT2D eigenvalue weighted by molar-refractivity contribution is -0.122. The average molecular weight is 262 g/mol. The van der Waals surface area contributed by atoms with Crippen LogP contribution in [0.15, 0.2) is 24.3 Å². The van der Waals surface area contributed by atoms with Gasteiger partial charge in [0.1, 0.15) is 5.75 Å². The molecule has 0 aromatic heterocycles. The normalized spacial score (nSPS) is 17.6. The Hall–Kier alpha value is -1.55. The molecule has 0 bridgehead atoms. The lowest BCUT2D eigenvalue weighted by atomic mass is 10.1. The van der Waals surface area contributed by atoms with Crippen molar-refractivity contribution < 1.29 is 9.53 Å². The molecule has 2 rings (SSSR count). The Balaban J connectivity index is 1.84. The lowest BCUT2D eigenvalue weighted by Crippen LogP contribution is -2.34. The first-order valence-electron chi connectivity index (χ1n) is 6.79. The molecule has 1 aromatic carbocycles. The van der Waals surface area contributed by atoms with Crippen LogP contribution in [0.4, 0.5) is 0 Å². The quantitative estimate of drug-likeness (QED) is 0.824. The third-order valence-corrected chi connectivity index (χ3v) is 3.64. The summed E-state index contributed by atoms with van der Waals surface area (Å²) >= 11 is 0. The number of hydrogen-bond donors (Lipinski definition) is 2. The summed E-state index contributed by atoms with van der Waals surface area (Å²) in [4.78, 5) is 11.9. The number of benzene rings is 1. The number of carbonyl (C=O) groups is 1. The molecule has 1 aliphatic rings. The Morgan fingerprint density at radius 3 is 2.58 bits per heavy atom. The van der Waals surface area contributed by atoms with E-state index < -0.39 is 0 Å². The van der Waals surface area contributed by atoms with Crippen LogP contribution in [0.3, 0.4) is 0 Å². The second-order valence-electron chi connectivity index (χ2n) is 5.27. The van der Waals surface area contributed by atoms with Crippen LogP contribution in [-0.2, 0) is 4.79 Å². The van der Waals surface area contributed by atoms with Crippen LogP contribution < -0.4 is 15.8 Å². The molecule has 2 atom stereocenters. The van der Waals surface area contributed by atoms with Crippen molar-refractivity contribution in [2.75, 3.05) is 7.11 Å². The third-order valence-electron chi connectivity index (χ3n) is 3.64. The van der Waals surface area contributed by atoms with Crippen LogP contribution in [0.2, 0.25) is 0 Å². The molecular weight excluding hydrogens is 240 g/mol. The molecule has 1 fully saturated rings. The van der Waals surface area contributed by atoms with Crippen LogP contribution >= 0.6 is 0 Å². The molecule has 1 saturated carbocycles. The number of methoxy groups -OCH3 is 1. The van der Waals surface area contributed by atoms with E-state index in [9.17, 15) is 4.79 Å². The number of ether oxygens (including phenoxy) is 1. The highest BCUT2D eigenvalue weighted by Gasteiger charge is 2.29. The standard InChI is InChI=1S/C15H22N2O2/c1-10(11-5-7-13(19-2)8-6-11)17-15(18)9-14(16)12-3-4-12/h5-8,10,12,14H,3-4,9,16H2,1-2H3,(H,17,18). The molecule has 1 aliphatic carbocycles. The number of rotatable bonds is 6. The summed E-state index contributed by atoms with van der Waals surface area (Å²) in [6, 6.07) is 7.73. The molecule has 19 heavy (non-hydrogen) atoms. The van der Waals surface area contributed by atoms with E-state index in [1.54, 1.807) is 7.11 Å². The number of nitrogens with one attached hydrogen (secondary N) is 1. The first kappa shape index (κ1) is 13.9. The highest BCUT2D eigenvalue weighted by atomic mass is 16.5. The van der Waals surface area contributed by atoms with Crippen LogP contribution in [-0.4, -0.2) is 19.1 Å². The van der Waals surface area contributed by atoms with Gasteiger partial charge in [0.25, 0.3) is 0 Å².